The van der Waals surface area contributed by atoms with Gasteiger partial charge in [-0.05, 0) is 65.8 Å². The number of fused-ring (bicyclic) bond motifs is 1. The summed E-state index contributed by atoms with van der Waals surface area (Å²) < 4.78 is 27.1. The first-order valence-electron chi connectivity index (χ1n) is 12.1. The standard InChI is InChI=1S/C29H30FN3O2/c1-2-3-4-22-5-8-24(9-6-22)29(25-10-12-26(30)13-11-25,32-20-33-16-15-31-19-33)18-23-7-14-27-28(17-23)35-21-34-27/h5-17,19,32H,2-4,18,20-21H2,1H3. The molecule has 0 bridgehead atoms. The Morgan fingerprint density at radius 2 is 1.66 bits per heavy atom. The summed E-state index contributed by atoms with van der Waals surface area (Å²) >= 11 is 0. The fourth-order valence-electron chi connectivity index (χ4n) is 4.67. The highest BCUT2D eigenvalue weighted by Gasteiger charge is 2.35. The molecule has 5 rings (SSSR count). The van der Waals surface area contributed by atoms with Crippen LogP contribution in [0.3, 0.4) is 0 Å². The number of unbranched alkanes of at least 4 members (excludes halogenated alkanes) is 1. The van der Waals surface area contributed by atoms with E-state index in [0.29, 0.717) is 13.1 Å². The van der Waals surface area contributed by atoms with Gasteiger partial charge in [-0.25, -0.2) is 9.37 Å². The Balaban J connectivity index is 1.59. The van der Waals surface area contributed by atoms with Crippen LogP contribution >= 0.6 is 0 Å². The molecule has 5 nitrogen and oxygen atoms in total. The largest absolute Gasteiger partial charge is 0.454 e. The van der Waals surface area contributed by atoms with Gasteiger partial charge in [0.25, 0.3) is 0 Å². The van der Waals surface area contributed by atoms with Gasteiger partial charge in [0.2, 0.25) is 6.79 Å². The second-order valence-corrected chi connectivity index (χ2v) is 8.99. The number of rotatable bonds is 10. The van der Waals surface area contributed by atoms with Gasteiger partial charge in [0.05, 0.1) is 18.5 Å². The molecule has 180 valence electrons. The molecular formula is C29H30FN3O2. The van der Waals surface area contributed by atoms with E-state index < -0.39 is 5.54 Å². The van der Waals surface area contributed by atoms with Gasteiger partial charge in [0.1, 0.15) is 5.82 Å². The number of nitrogens with one attached hydrogen (secondary N) is 1. The van der Waals surface area contributed by atoms with Gasteiger partial charge in [-0.3, -0.25) is 5.32 Å². The lowest BCUT2D eigenvalue weighted by atomic mass is 9.77. The molecule has 3 aromatic carbocycles. The Morgan fingerprint density at radius 1 is 0.943 bits per heavy atom. The predicted octanol–water partition coefficient (Wildman–Crippen LogP) is 5.83. The molecule has 6 heteroatoms. The molecule has 1 aliphatic rings. The molecule has 35 heavy (non-hydrogen) atoms. The van der Waals surface area contributed by atoms with Crippen LogP contribution in [-0.2, 0) is 25.0 Å². The van der Waals surface area contributed by atoms with Crippen LogP contribution in [0.4, 0.5) is 4.39 Å². The molecular weight excluding hydrogens is 441 g/mol. The number of halogens is 1. The van der Waals surface area contributed by atoms with Crippen LogP contribution in [0.5, 0.6) is 11.5 Å². The number of benzene rings is 3. The van der Waals surface area contributed by atoms with Gasteiger partial charge < -0.3 is 14.0 Å². The minimum atomic E-state index is -0.616. The summed E-state index contributed by atoms with van der Waals surface area (Å²) in [7, 11) is 0. The van der Waals surface area contributed by atoms with Crippen molar-refractivity contribution in [3.05, 3.63) is 114 Å². The van der Waals surface area contributed by atoms with E-state index in [9.17, 15) is 4.39 Å². The van der Waals surface area contributed by atoms with Crippen LogP contribution in [0.15, 0.2) is 85.5 Å². The Kier molecular flexibility index (Phi) is 6.82. The first kappa shape index (κ1) is 23.1. The average Bonchev–Trinajstić information content (AvgIpc) is 3.58. The maximum Gasteiger partial charge on any atom is 0.231 e. The second kappa shape index (κ2) is 10.3. The van der Waals surface area contributed by atoms with Crippen molar-refractivity contribution < 1.29 is 13.9 Å². The lowest BCUT2D eigenvalue weighted by Gasteiger charge is -2.37. The summed E-state index contributed by atoms with van der Waals surface area (Å²) in [5.74, 6) is 1.25. The summed E-state index contributed by atoms with van der Waals surface area (Å²) in [6, 6.07) is 21.7. The zero-order valence-electron chi connectivity index (χ0n) is 19.9. The van der Waals surface area contributed by atoms with Crippen molar-refractivity contribution in [2.45, 2.75) is 44.8 Å². The van der Waals surface area contributed by atoms with Crippen molar-refractivity contribution in [3.63, 3.8) is 0 Å². The van der Waals surface area contributed by atoms with Crippen LogP contribution in [0, 0.1) is 5.82 Å². The van der Waals surface area contributed by atoms with E-state index in [4.69, 9.17) is 9.47 Å². The molecule has 4 aromatic rings. The zero-order chi connectivity index (χ0) is 24.1. The fraction of sp³-hybridized carbons (Fsp3) is 0.276. The van der Waals surface area contributed by atoms with Crippen LogP contribution in [0.2, 0.25) is 0 Å². The van der Waals surface area contributed by atoms with Crippen molar-refractivity contribution in [2.75, 3.05) is 6.79 Å². The first-order valence-corrected chi connectivity index (χ1v) is 12.1. The number of aromatic nitrogens is 2. The van der Waals surface area contributed by atoms with Gasteiger partial charge in [-0.1, -0.05) is 55.8 Å². The fourth-order valence-corrected chi connectivity index (χ4v) is 4.67. The molecule has 1 atom stereocenters. The molecule has 0 spiro atoms. The Bertz CT molecular complexity index is 1240. The van der Waals surface area contributed by atoms with Gasteiger partial charge >= 0.3 is 0 Å². The molecule has 0 fully saturated rings. The van der Waals surface area contributed by atoms with Crippen molar-refractivity contribution in [1.29, 1.82) is 0 Å². The third-order valence-electron chi connectivity index (χ3n) is 6.63. The molecule has 1 aliphatic heterocycles. The van der Waals surface area contributed by atoms with E-state index >= 15 is 0 Å². The Labute approximate surface area is 205 Å². The van der Waals surface area contributed by atoms with Gasteiger partial charge in [0.15, 0.2) is 11.5 Å². The van der Waals surface area contributed by atoms with Crippen molar-refractivity contribution in [1.82, 2.24) is 14.9 Å². The normalized spacial score (nSPS) is 14.1. The number of hydrogen-bond acceptors (Lipinski definition) is 4. The Hall–Kier alpha value is -3.64. The maximum atomic E-state index is 14.0. The van der Waals surface area contributed by atoms with Gasteiger partial charge in [-0.2, -0.15) is 0 Å². The summed E-state index contributed by atoms with van der Waals surface area (Å²) in [6.45, 7) is 2.98. The monoisotopic (exact) mass is 471 g/mol. The van der Waals surface area contributed by atoms with E-state index in [0.717, 1.165) is 41.0 Å². The first-order chi connectivity index (χ1) is 17.2. The molecule has 0 amide bonds. The predicted molar refractivity (Wildman–Crippen MR) is 134 cm³/mol. The highest BCUT2D eigenvalue weighted by atomic mass is 19.1. The molecule has 0 saturated carbocycles. The van der Waals surface area contributed by atoms with Crippen LogP contribution < -0.4 is 14.8 Å². The Morgan fingerprint density at radius 3 is 2.37 bits per heavy atom. The second-order valence-electron chi connectivity index (χ2n) is 8.99. The number of imidazole rings is 1. The third kappa shape index (κ3) is 5.08. The van der Waals surface area contributed by atoms with Gasteiger partial charge in [0, 0.05) is 12.4 Å². The zero-order valence-corrected chi connectivity index (χ0v) is 19.9. The third-order valence-corrected chi connectivity index (χ3v) is 6.63. The highest BCUT2D eigenvalue weighted by molar-refractivity contribution is 5.47. The summed E-state index contributed by atoms with van der Waals surface area (Å²) in [6.07, 6.45) is 9.51. The minimum absolute atomic E-state index is 0.236. The van der Waals surface area contributed by atoms with E-state index in [1.807, 2.05) is 35.0 Å². The smallest absolute Gasteiger partial charge is 0.231 e. The lowest BCUT2D eigenvalue weighted by Crippen LogP contribution is -2.46. The lowest BCUT2D eigenvalue weighted by molar-refractivity contribution is 0.174. The number of hydrogen-bond donors (Lipinski definition) is 1. The van der Waals surface area contributed by atoms with Crippen LogP contribution in [0.1, 0.15) is 42.0 Å². The van der Waals surface area contributed by atoms with Crippen LogP contribution in [0.25, 0.3) is 0 Å². The molecule has 1 unspecified atom stereocenters. The summed E-state index contributed by atoms with van der Waals surface area (Å²) in [5.41, 5.74) is 3.89. The van der Waals surface area contributed by atoms with E-state index in [1.165, 1.54) is 24.1 Å². The van der Waals surface area contributed by atoms with Gasteiger partial charge in [-0.15, -0.1) is 0 Å². The summed E-state index contributed by atoms with van der Waals surface area (Å²) in [5, 5.41) is 3.80. The number of aryl methyl sites for hydroxylation is 1. The average molecular weight is 472 g/mol. The molecule has 0 radical (unpaired) electrons. The van der Waals surface area contributed by atoms with Crippen LogP contribution in [-0.4, -0.2) is 16.3 Å². The SMILES string of the molecule is CCCCc1ccc(C(Cc2ccc3c(c2)OCO3)(NCn2ccnc2)c2ccc(F)cc2)cc1. The molecule has 1 N–H and O–H groups in total. The van der Waals surface area contributed by atoms with E-state index in [1.54, 1.807) is 12.5 Å². The highest BCUT2D eigenvalue weighted by Crippen LogP contribution is 2.38. The van der Waals surface area contributed by atoms with E-state index in [2.05, 4.69) is 47.6 Å². The molecule has 0 saturated heterocycles. The summed E-state index contributed by atoms with van der Waals surface area (Å²) in [4.78, 5) is 4.19. The molecule has 2 heterocycles. The topological polar surface area (TPSA) is 48.3 Å². The van der Waals surface area contributed by atoms with Crippen molar-refractivity contribution >= 4 is 0 Å². The maximum absolute atomic E-state index is 14.0. The van der Waals surface area contributed by atoms with Crippen molar-refractivity contribution in [3.8, 4) is 11.5 Å². The number of nitrogens with zero attached hydrogens (tertiary/aromatic N) is 2. The molecule has 0 aliphatic carbocycles. The van der Waals surface area contributed by atoms with E-state index in [-0.39, 0.29) is 12.6 Å². The van der Waals surface area contributed by atoms with Crippen molar-refractivity contribution in [2.24, 2.45) is 0 Å². The molecule has 1 aromatic heterocycles. The number of ether oxygens (including phenoxy) is 2. The quantitative estimate of drug-likeness (QED) is 0.316. The minimum Gasteiger partial charge on any atom is -0.454 e.